The van der Waals surface area contributed by atoms with Gasteiger partial charge in [0.2, 0.25) is 0 Å². The van der Waals surface area contributed by atoms with E-state index < -0.39 is 6.09 Å². The van der Waals surface area contributed by atoms with Crippen LogP contribution in [0.15, 0.2) is 54.6 Å². The molecule has 0 bridgehead atoms. The van der Waals surface area contributed by atoms with Crippen molar-refractivity contribution in [1.82, 2.24) is 5.32 Å². The van der Waals surface area contributed by atoms with Crippen LogP contribution < -0.4 is 5.32 Å². The van der Waals surface area contributed by atoms with Crippen molar-refractivity contribution in [2.75, 3.05) is 6.54 Å². The average molecular weight is 358 g/mol. The molecule has 2 aromatic rings. The van der Waals surface area contributed by atoms with E-state index in [4.69, 9.17) is 4.74 Å². The van der Waals surface area contributed by atoms with Crippen molar-refractivity contribution in [3.63, 3.8) is 0 Å². The van der Waals surface area contributed by atoms with Gasteiger partial charge in [0.1, 0.15) is 6.61 Å². The van der Waals surface area contributed by atoms with E-state index in [2.05, 4.69) is 33.1 Å². The lowest BCUT2D eigenvalue weighted by molar-refractivity contribution is 0.141. The van der Waals surface area contributed by atoms with Gasteiger partial charge in [-0.15, -0.1) is 0 Å². The van der Waals surface area contributed by atoms with Gasteiger partial charge in [-0.3, -0.25) is 0 Å². The molecule has 2 aromatic carbocycles. The van der Waals surface area contributed by atoms with Crippen LogP contribution in [0.4, 0.5) is 4.79 Å². The third-order valence-corrected chi connectivity index (χ3v) is 3.52. The molecule has 0 saturated carbocycles. The van der Waals surface area contributed by atoms with E-state index in [1.165, 1.54) is 0 Å². The molecule has 0 aromatic heterocycles. The molecule has 0 atom stereocenters. The van der Waals surface area contributed by atoms with Gasteiger partial charge in [-0.05, 0) is 17.2 Å². The molecule has 3 nitrogen and oxygen atoms in total. The average Bonchev–Trinajstić information content (AvgIpc) is 2.58. The molecule has 0 unspecified atom stereocenters. The number of hydrogen-bond acceptors (Lipinski definition) is 2. The topological polar surface area (TPSA) is 38.3 Å². The molecule has 112 valence electrons. The second-order valence-electron chi connectivity index (χ2n) is 4.51. The third kappa shape index (κ3) is 5.27. The largest absolute Gasteiger partial charge is 0.445 e. The van der Waals surface area contributed by atoms with E-state index in [9.17, 15) is 4.79 Å². The van der Waals surface area contributed by atoms with Crippen LogP contribution in [0.5, 0.6) is 0 Å². The molecular weight excluding hydrogens is 342 g/mol. The summed E-state index contributed by atoms with van der Waals surface area (Å²) in [6.45, 7) is 0.511. The van der Waals surface area contributed by atoms with Gasteiger partial charge in [0, 0.05) is 10.9 Å². The molecule has 0 spiro atoms. The summed E-state index contributed by atoms with van der Waals surface area (Å²) in [4.78, 5) is 11.5. The summed E-state index contributed by atoms with van der Waals surface area (Å²) in [7, 11) is 0. The minimum atomic E-state index is -0.466. The molecule has 2 rings (SSSR count). The minimum absolute atomic E-state index is 0.254. The first kappa shape index (κ1) is 16.1. The van der Waals surface area contributed by atoms with Gasteiger partial charge in [0.05, 0.1) is 6.54 Å². The monoisotopic (exact) mass is 357 g/mol. The van der Waals surface area contributed by atoms with Crippen LogP contribution in [0.25, 0.3) is 0 Å². The standard InChI is InChI=1S/C18H16BrNO2/c19-13-17-10-5-4-9-16(17)11-6-12-20-18(21)22-14-15-7-2-1-3-8-15/h1-5,7-10H,12-14H2,(H,20,21). The molecule has 1 amide bonds. The number of nitrogens with one attached hydrogen (secondary N) is 1. The molecule has 1 N–H and O–H groups in total. The van der Waals surface area contributed by atoms with Crippen LogP contribution in [0.1, 0.15) is 16.7 Å². The van der Waals surface area contributed by atoms with E-state index in [1.54, 1.807) is 0 Å². The molecule has 22 heavy (non-hydrogen) atoms. The van der Waals surface area contributed by atoms with Crippen molar-refractivity contribution in [3.8, 4) is 11.8 Å². The first-order valence-corrected chi connectivity index (χ1v) is 7.99. The van der Waals surface area contributed by atoms with Crippen molar-refractivity contribution < 1.29 is 9.53 Å². The Hall–Kier alpha value is -2.25. The van der Waals surface area contributed by atoms with E-state index in [1.807, 2.05) is 54.6 Å². The van der Waals surface area contributed by atoms with Crippen LogP contribution in [-0.2, 0) is 16.7 Å². The zero-order valence-electron chi connectivity index (χ0n) is 12.0. The summed E-state index contributed by atoms with van der Waals surface area (Å²) < 4.78 is 5.10. The van der Waals surface area contributed by atoms with Gasteiger partial charge in [-0.25, -0.2) is 4.79 Å². The fourth-order valence-electron chi connectivity index (χ4n) is 1.79. The molecule has 0 fully saturated rings. The van der Waals surface area contributed by atoms with Gasteiger partial charge in [-0.1, -0.05) is 76.3 Å². The molecule has 0 aliphatic carbocycles. The number of carbonyl (C=O) groups is 1. The number of rotatable bonds is 4. The lowest BCUT2D eigenvalue weighted by Gasteiger charge is -2.04. The summed E-state index contributed by atoms with van der Waals surface area (Å²) in [5.41, 5.74) is 3.04. The summed E-state index contributed by atoms with van der Waals surface area (Å²) in [5, 5.41) is 3.37. The SMILES string of the molecule is O=C(NCC#Cc1ccccc1CBr)OCc1ccccc1. The van der Waals surface area contributed by atoms with Crippen molar-refractivity contribution >= 4 is 22.0 Å². The zero-order chi connectivity index (χ0) is 15.6. The van der Waals surface area contributed by atoms with Crippen LogP contribution in [0.3, 0.4) is 0 Å². The smallest absolute Gasteiger partial charge is 0.408 e. The maximum absolute atomic E-state index is 11.5. The summed E-state index contributed by atoms with van der Waals surface area (Å²) in [6.07, 6.45) is -0.466. The van der Waals surface area contributed by atoms with Crippen molar-refractivity contribution in [1.29, 1.82) is 0 Å². The maximum atomic E-state index is 11.5. The third-order valence-electron chi connectivity index (χ3n) is 2.92. The van der Waals surface area contributed by atoms with Crippen molar-refractivity contribution in [2.24, 2.45) is 0 Å². The Morgan fingerprint density at radius 3 is 2.59 bits per heavy atom. The number of halogens is 1. The van der Waals surface area contributed by atoms with Gasteiger partial charge in [0.15, 0.2) is 0 Å². The number of hydrogen-bond donors (Lipinski definition) is 1. The van der Waals surface area contributed by atoms with Gasteiger partial charge in [-0.2, -0.15) is 0 Å². The Balaban J connectivity index is 1.77. The van der Waals surface area contributed by atoms with Gasteiger partial charge in [0.25, 0.3) is 0 Å². The number of alkyl halides is 1. The Labute approximate surface area is 138 Å². The molecule has 0 heterocycles. The van der Waals surface area contributed by atoms with E-state index >= 15 is 0 Å². The quantitative estimate of drug-likeness (QED) is 0.666. The number of benzene rings is 2. The van der Waals surface area contributed by atoms with E-state index in [0.29, 0.717) is 0 Å². The molecule has 0 aliphatic rings. The Morgan fingerprint density at radius 1 is 1.09 bits per heavy atom. The van der Waals surface area contributed by atoms with Crippen LogP contribution in [0, 0.1) is 11.8 Å². The number of alkyl carbamates (subject to hydrolysis) is 1. The molecule has 0 aliphatic heterocycles. The summed E-state index contributed by atoms with van der Waals surface area (Å²) in [5.74, 6) is 5.97. The highest BCUT2D eigenvalue weighted by atomic mass is 79.9. The number of ether oxygens (including phenoxy) is 1. The van der Waals surface area contributed by atoms with Crippen LogP contribution in [-0.4, -0.2) is 12.6 Å². The van der Waals surface area contributed by atoms with Gasteiger partial charge >= 0.3 is 6.09 Å². The van der Waals surface area contributed by atoms with Crippen molar-refractivity contribution in [3.05, 3.63) is 71.3 Å². The molecular formula is C18H16BrNO2. The second kappa shape index (κ2) is 8.91. The van der Waals surface area contributed by atoms with E-state index in [-0.39, 0.29) is 13.2 Å². The maximum Gasteiger partial charge on any atom is 0.408 e. The molecule has 4 heteroatoms. The van der Waals surface area contributed by atoms with Crippen LogP contribution >= 0.6 is 15.9 Å². The minimum Gasteiger partial charge on any atom is -0.445 e. The highest BCUT2D eigenvalue weighted by molar-refractivity contribution is 9.08. The highest BCUT2D eigenvalue weighted by Gasteiger charge is 2.00. The van der Waals surface area contributed by atoms with Gasteiger partial charge < -0.3 is 10.1 Å². The normalized spacial score (nSPS) is 9.50. The Morgan fingerprint density at radius 2 is 1.82 bits per heavy atom. The summed E-state index contributed by atoms with van der Waals surface area (Å²) >= 11 is 3.43. The Kier molecular flexibility index (Phi) is 6.53. The predicted molar refractivity (Wildman–Crippen MR) is 90.6 cm³/mol. The molecule has 0 radical (unpaired) electrons. The fourth-order valence-corrected chi connectivity index (χ4v) is 2.28. The first-order valence-electron chi connectivity index (χ1n) is 6.87. The molecule has 0 saturated heterocycles. The first-order chi connectivity index (χ1) is 10.8. The highest BCUT2D eigenvalue weighted by Crippen LogP contribution is 2.10. The lowest BCUT2D eigenvalue weighted by atomic mass is 10.1. The predicted octanol–water partition coefficient (Wildman–Crippen LogP) is 3.86. The lowest BCUT2D eigenvalue weighted by Crippen LogP contribution is -2.24. The van der Waals surface area contributed by atoms with E-state index in [0.717, 1.165) is 22.0 Å². The zero-order valence-corrected chi connectivity index (χ0v) is 13.6. The summed E-state index contributed by atoms with van der Waals surface area (Å²) in [6, 6.07) is 17.4. The fraction of sp³-hybridized carbons (Fsp3) is 0.167. The Bertz CT molecular complexity index is 674. The second-order valence-corrected chi connectivity index (χ2v) is 5.07. The van der Waals surface area contributed by atoms with Crippen LogP contribution in [0.2, 0.25) is 0 Å². The number of carbonyl (C=O) groups excluding carboxylic acids is 1. The number of amides is 1. The van der Waals surface area contributed by atoms with Crippen molar-refractivity contribution in [2.45, 2.75) is 11.9 Å².